The smallest absolute Gasteiger partial charge is 0.235 e. The van der Waals surface area contributed by atoms with Gasteiger partial charge in [-0.15, -0.1) is 11.8 Å². The van der Waals surface area contributed by atoms with Crippen LogP contribution >= 0.6 is 23.4 Å². The van der Waals surface area contributed by atoms with Crippen LogP contribution in [0.3, 0.4) is 0 Å². The molecule has 0 aliphatic heterocycles. The Balaban J connectivity index is 1.70. The average Bonchev–Trinajstić information content (AvgIpc) is 2.67. The zero-order valence-electron chi connectivity index (χ0n) is 15.7. The van der Waals surface area contributed by atoms with E-state index >= 15 is 0 Å². The van der Waals surface area contributed by atoms with E-state index in [0.29, 0.717) is 29.6 Å². The van der Waals surface area contributed by atoms with E-state index in [1.807, 2.05) is 0 Å². The van der Waals surface area contributed by atoms with Crippen molar-refractivity contribution in [3.05, 3.63) is 59.4 Å². The van der Waals surface area contributed by atoms with Crippen molar-refractivity contribution in [1.82, 2.24) is 4.90 Å². The number of ether oxygens (including phenoxy) is 1. The molecule has 1 atom stereocenters. The number of nitrogens with zero attached hydrogens (tertiary/aromatic N) is 1. The fourth-order valence-corrected chi connectivity index (χ4v) is 3.26. The Morgan fingerprint density at radius 3 is 2.64 bits per heavy atom. The average molecular weight is 425 g/mol. The highest BCUT2D eigenvalue weighted by Crippen LogP contribution is 2.17. The van der Waals surface area contributed by atoms with Gasteiger partial charge in [0.05, 0.1) is 17.5 Å². The van der Waals surface area contributed by atoms with Crippen LogP contribution in [-0.4, -0.2) is 47.9 Å². The van der Waals surface area contributed by atoms with E-state index in [0.717, 1.165) is 0 Å². The van der Waals surface area contributed by atoms with Crippen LogP contribution in [0.1, 0.15) is 6.92 Å². The van der Waals surface area contributed by atoms with Crippen LogP contribution in [0.2, 0.25) is 5.02 Å². The number of halogens is 2. The number of amides is 2. The molecule has 0 saturated carbocycles. The first kappa shape index (κ1) is 22.0. The van der Waals surface area contributed by atoms with E-state index in [4.69, 9.17) is 16.3 Å². The normalized spacial score (nSPS) is 11.6. The molecule has 28 heavy (non-hydrogen) atoms. The Labute approximate surface area is 173 Å². The minimum atomic E-state index is -0.380. The number of benzene rings is 2. The maximum Gasteiger partial charge on any atom is 0.235 e. The van der Waals surface area contributed by atoms with Gasteiger partial charge in [0.1, 0.15) is 18.2 Å². The molecule has 8 heteroatoms. The molecule has 2 rings (SSSR count). The lowest BCUT2D eigenvalue weighted by Gasteiger charge is -2.21. The number of thioether (sulfide) groups is 1. The lowest BCUT2D eigenvalue weighted by molar-refractivity contribution is -0.129. The van der Waals surface area contributed by atoms with Gasteiger partial charge in [0.25, 0.3) is 0 Å². The summed E-state index contributed by atoms with van der Waals surface area (Å²) in [6.45, 7) is 2.51. The second kappa shape index (κ2) is 10.9. The summed E-state index contributed by atoms with van der Waals surface area (Å²) >= 11 is 7.14. The van der Waals surface area contributed by atoms with Crippen LogP contribution in [0.15, 0.2) is 48.5 Å². The van der Waals surface area contributed by atoms with Gasteiger partial charge < -0.3 is 15.0 Å². The fraction of sp³-hybridized carbons (Fsp3) is 0.300. The van der Waals surface area contributed by atoms with E-state index in [1.165, 1.54) is 36.0 Å². The Bertz CT molecular complexity index is 804. The molecule has 0 radical (unpaired) electrons. The molecule has 0 fully saturated rings. The molecule has 1 unspecified atom stereocenters. The summed E-state index contributed by atoms with van der Waals surface area (Å²) in [5, 5.41) is 2.88. The van der Waals surface area contributed by atoms with Crippen LogP contribution in [-0.2, 0) is 9.59 Å². The Morgan fingerprint density at radius 1 is 1.25 bits per heavy atom. The van der Waals surface area contributed by atoms with Gasteiger partial charge in [0, 0.05) is 17.8 Å². The van der Waals surface area contributed by atoms with Crippen molar-refractivity contribution in [3.8, 4) is 5.75 Å². The van der Waals surface area contributed by atoms with E-state index < -0.39 is 0 Å². The first-order valence-corrected chi connectivity index (χ1v) is 10.1. The number of hydrogen-bond acceptors (Lipinski definition) is 4. The predicted octanol–water partition coefficient (Wildman–Crippen LogP) is 4.08. The number of anilines is 1. The number of carbonyl (C=O) groups excluding carboxylic acids is 2. The first-order chi connectivity index (χ1) is 13.3. The highest BCUT2D eigenvalue weighted by Gasteiger charge is 2.19. The summed E-state index contributed by atoms with van der Waals surface area (Å²) in [6, 6.07) is 12.6. The largest absolute Gasteiger partial charge is 0.492 e. The summed E-state index contributed by atoms with van der Waals surface area (Å²) in [7, 11) is 1.69. The molecule has 150 valence electrons. The second-order valence-corrected chi connectivity index (χ2v) is 7.84. The third kappa shape index (κ3) is 7.40. The Morgan fingerprint density at radius 2 is 1.96 bits per heavy atom. The van der Waals surface area contributed by atoms with Crippen molar-refractivity contribution in [1.29, 1.82) is 0 Å². The second-order valence-electron chi connectivity index (χ2n) is 6.07. The van der Waals surface area contributed by atoms with Gasteiger partial charge in [-0.1, -0.05) is 17.7 Å². The lowest BCUT2D eigenvalue weighted by Crippen LogP contribution is -2.36. The third-order valence-electron chi connectivity index (χ3n) is 3.81. The van der Waals surface area contributed by atoms with Gasteiger partial charge in [-0.3, -0.25) is 9.59 Å². The highest BCUT2D eigenvalue weighted by atomic mass is 35.5. The molecule has 0 bridgehead atoms. The summed E-state index contributed by atoms with van der Waals surface area (Å²) in [5.41, 5.74) is 0.515. The van der Waals surface area contributed by atoms with Gasteiger partial charge in [-0.05, 0) is 49.4 Å². The van der Waals surface area contributed by atoms with Gasteiger partial charge in [-0.25, -0.2) is 4.39 Å². The third-order valence-corrected chi connectivity index (χ3v) is 5.17. The summed E-state index contributed by atoms with van der Waals surface area (Å²) in [4.78, 5) is 25.9. The molecule has 0 saturated heterocycles. The molecule has 2 aromatic rings. The molecule has 0 spiro atoms. The monoisotopic (exact) mass is 424 g/mol. The zero-order chi connectivity index (χ0) is 20.5. The molecule has 1 N–H and O–H groups in total. The topological polar surface area (TPSA) is 58.6 Å². The van der Waals surface area contributed by atoms with Crippen LogP contribution in [0.25, 0.3) is 0 Å². The summed E-state index contributed by atoms with van der Waals surface area (Å²) in [6.07, 6.45) is 0. The minimum absolute atomic E-state index is 0.0886. The molecule has 2 amide bonds. The van der Waals surface area contributed by atoms with Crippen LogP contribution in [0, 0.1) is 5.82 Å². The number of nitrogens with one attached hydrogen (secondary N) is 1. The molecule has 2 aromatic carbocycles. The summed E-state index contributed by atoms with van der Waals surface area (Å²) < 4.78 is 18.5. The van der Waals surface area contributed by atoms with Crippen molar-refractivity contribution in [2.24, 2.45) is 0 Å². The maximum atomic E-state index is 12.9. The van der Waals surface area contributed by atoms with Gasteiger partial charge >= 0.3 is 0 Å². The van der Waals surface area contributed by atoms with E-state index in [2.05, 4.69) is 5.32 Å². The Kier molecular flexibility index (Phi) is 8.60. The van der Waals surface area contributed by atoms with E-state index in [1.54, 1.807) is 43.1 Å². The Hall–Kier alpha value is -2.25. The van der Waals surface area contributed by atoms with Gasteiger partial charge in [-0.2, -0.15) is 0 Å². The van der Waals surface area contributed by atoms with Crippen molar-refractivity contribution < 1.29 is 18.7 Å². The molecular weight excluding hydrogens is 403 g/mol. The lowest BCUT2D eigenvalue weighted by atomic mass is 10.3. The molecule has 0 aliphatic carbocycles. The molecule has 0 heterocycles. The van der Waals surface area contributed by atoms with Crippen molar-refractivity contribution >= 4 is 40.9 Å². The summed E-state index contributed by atoms with van der Waals surface area (Å²) in [5.74, 6) is 0.0663. The minimum Gasteiger partial charge on any atom is -0.492 e. The van der Waals surface area contributed by atoms with Crippen molar-refractivity contribution in [2.75, 3.05) is 31.3 Å². The van der Waals surface area contributed by atoms with Crippen LogP contribution in [0.4, 0.5) is 10.1 Å². The van der Waals surface area contributed by atoms with E-state index in [-0.39, 0.29) is 28.6 Å². The molecule has 0 aliphatic rings. The van der Waals surface area contributed by atoms with Crippen molar-refractivity contribution in [2.45, 2.75) is 12.2 Å². The van der Waals surface area contributed by atoms with Crippen molar-refractivity contribution in [3.63, 3.8) is 0 Å². The van der Waals surface area contributed by atoms with E-state index in [9.17, 15) is 14.0 Å². The maximum absolute atomic E-state index is 12.9. The molecular formula is C20H22ClFN2O3S. The number of carbonyl (C=O) groups is 2. The van der Waals surface area contributed by atoms with Crippen LogP contribution in [0.5, 0.6) is 5.75 Å². The zero-order valence-corrected chi connectivity index (χ0v) is 17.2. The standard InChI is InChI=1S/C20H22ClFN2O3S/c1-14(28-13-19(25)23-17-8-6-16(22)7-9-17)20(26)24(2)10-11-27-18-5-3-4-15(21)12-18/h3-9,12,14H,10-11,13H2,1-2H3,(H,23,25). The highest BCUT2D eigenvalue weighted by molar-refractivity contribution is 8.01. The fourth-order valence-electron chi connectivity index (χ4n) is 2.28. The first-order valence-electron chi connectivity index (χ1n) is 8.65. The van der Waals surface area contributed by atoms with Gasteiger partial charge in [0.2, 0.25) is 11.8 Å². The SMILES string of the molecule is CC(SCC(=O)Nc1ccc(F)cc1)C(=O)N(C)CCOc1cccc(Cl)c1. The number of rotatable bonds is 9. The van der Waals surface area contributed by atoms with Gasteiger partial charge in [0.15, 0.2) is 0 Å². The molecule has 5 nitrogen and oxygen atoms in total. The predicted molar refractivity (Wildman–Crippen MR) is 112 cm³/mol. The van der Waals surface area contributed by atoms with Crippen LogP contribution < -0.4 is 10.1 Å². The number of likely N-dealkylation sites (N-methyl/N-ethyl adjacent to an activating group) is 1. The molecule has 0 aromatic heterocycles. The number of hydrogen-bond donors (Lipinski definition) is 1. The quantitative estimate of drug-likeness (QED) is 0.659.